The lowest BCUT2D eigenvalue weighted by molar-refractivity contribution is -0.131. The van der Waals surface area contributed by atoms with Crippen molar-refractivity contribution in [3.63, 3.8) is 0 Å². The van der Waals surface area contributed by atoms with E-state index in [1.165, 1.54) is 0 Å². The van der Waals surface area contributed by atoms with Gasteiger partial charge in [0.05, 0.1) is 0 Å². The smallest absolute Gasteiger partial charge is 0.315 e. The molecule has 0 bridgehead atoms. The van der Waals surface area contributed by atoms with Crippen LogP contribution in [-0.4, -0.2) is 23.2 Å². The Labute approximate surface area is 124 Å². The van der Waals surface area contributed by atoms with Crippen molar-refractivity contribution in [2.75, 3.05) is 0 Å². The molecule has 0 aliphatic carbocycles. The molecule has 21 heavy (non-hydrogen) atoms. The van der Waals surface area contributed by atoms with Gasteiger partial charge in [-0.25, -0.2) is 10.3 Å². The van der Waals surface area contributed by atoms with Crippen molar-refractivity contribution in [3.8, 4) is 0 Å². The van der Waals surface area contributed by atoms with E-state index in [-0.39, 0.29) is 5.92 Å². The normalized spacial score (nSPS) is 11.9. The molecule has 116 valence electrons. The number of carbonyl (C=O) groups is 2. The van der Waals surface area contributed by atoms with Crippen molar-refractivity contribution in [2.24, 2.45) is 5.92 Å². The van der Waals surface area contributed by atoms with Crippen LogP contribution < -0.4 is 16.1 Å². The van der Waals surface area contributed by atoms with Gasteiger partial charge >= 0.3 is 6.03 Å². The minimum Gasteiger partial charge on any atom is -0.334 e. The summed E-state index contributed by atoms with van der Waals surface area (Å²) in [7, 11) is 0. The standard InChI is InChI=1S/C15H23N3O3/c1-10(2)7-13(14(19)18-21)17-15(20)16-9-12-6-4-5-11(3)8-12/h4-6,8,10,13,21H,7,9H2,1-3H3,(H,18,19)(H2,16,17,20)/t13-/m1/s1. The molecular formula is C15H23N3O3. The topological polar surface area (TPSA) is 90.5 Å². The predicted octanol–water partition coefficient (Wildman–Crippen LogP) is 1.71. The molecule has 6 heteroatoms. The van der Waals surface area contributed by atoms with Crippen molar-refractivity contribution >= 4 is 11.9 Å². The fraction of sp³-hybridized carbons (Fsp3) is 0.467. The summed E-state index contributed by atoms with van der Waals surface area (Å²) in [6.45, 7) is 6.23. The number of aryl methyl sites for hydroxylation is 1. The first-order valence-electron chi connectivity index (χ1n) is 6.96. The SMILES string of the molecule is Cc1cccc(CNC(=O)N[C@H](CC(C)C)C(=O)NO)c1. The number of urea groups is 1. The summed E-state index contributed by atoms with van der Waals surface area (Å²) in [4.78, 5) is 23.3. The summed E-state index contributed by atoms with van der Waals surface area (Å²) in [6.07, 6.45) is 0.449. The predicted molar refractivity (Wildman–Crippen MR) is 79.7 cm³/mol. The average Bonchev–Trinajstić information content (AvgIpc) is 2.43. The summed E-state index contributed by atoms with van der Waals surface area (Å²) in [6, 6.07) is 6.60. The molecule has 1 aromatic carbocycles. The third kappa shape index (κ3) is 6.27. The monoisotopic (exact) mass is 293 g/mol. The minimum absolute atomic E-state index is 0.212. The van der Waals surface area contributed by atoms with Crippen molar-refractivity contribution in [3.05, 3.63) is 35.4 Å². The van der Waals surface area contributed by atoms with Crippen molar-refractivity contribution in [1.82, 2.24) is 16.1 Å². The summed E-state index contributed by atoms with van der Waals surface area (Å²) in [5, 5.41) is 14.0. The highest BCUT2D eigenvalue weighted by Crippen LogP contribution is 2.05. The van der Waals surface area contributed by atoms with Gasteiger partial charge in [-0.05, 0) is 24.8 Å². The van der Waals surface area contributed by atoms with Gasteiger partial charge in [0.1, 0.15) is 6.04 Å². The number of rotatable bonds is 6. The summed E-state index contributed by atoms with van der Waals surface area (Å²) < 4.78 is 0. The number of carbonyl (C=O) groups excluding carboxylic acids is 2. The van der Waals surface area contributed by atoms with Gasteiger partial charge < -0.3 is 10.6 Å². The molecule has 0 aliphatic heterocycles. The first-order chi connectivity index (χ1) is 9.92. The van der Waals surface area contributed by atoms with Crippen LogP contribution in [0.4, 0.5) is 4.79 Å². The van der Waals surface area contributed by atoms with Crippen molar-refractivity contribution in [2.45, 2.75) is 39.8 Å². The Hall–Kier alpha value is -2.08. The van der Waals surface area contributed by atoms with E-state index in [1.807, 2.05) is 45.0 Å². The lowest BCUT2D eigenvalue weighted by Crippen LogP contribution is -2.49. The zero-order valence-corrected chi connectivity index (χ0v) is 12.6. The number of hydrogen-bond acceptors (Lipinski definition) is 3. The molecular weight excluding hydrogens is 270 g/mol. The first-order valence-corrected chi connectivity index (χ1v) is 6.96. The Morgan fingerprint density at radius 3 is 2.57 bits per heavy atom. The summed E-state index contributed by atoms with van der Waals surface area (Å²) in [5.41, 5.74) is 3.68. The quantitative estimate of drug-likeness (QED) is 0.475. The van der Waals surface area contributed by atoms with Crippen LogP contribution in [0.1, 0.15) is 31.4 Å². The van der Waals surface area contributed by atoms with Gasteiger partial charge in [0, 0.05) is 6.54 Å². The Kier molecular flexibility index (Phi) is 6.68. The Morgan fingerprint density at radius 2 is 2.00 bits per heavy atom. The van der Waals surface area contributed by atoms with Crippen molar-refractivity contribution < 1.29 is 14.8 Å². The molecule has 0 radical (unpaired) electrons. The molecule has 0 saturated heterocycles. The van der Waals surface area contributed by atoms with Crippen LogP contribution in [0, 0.1) is 12.8 Å². The molecule has 1 atom stereocenters. The van der Waals surface area contributed by atoms with E-state index < -0.39 is 18.0 Å². The molecule has 6 nitrogen and oxygen atoms in total. The van der Waals surface area contributed by atoms with Crippen molar-refractivity contribution in [1.29, 1.82) is 0 Å². The number of benzene rings is 1. The van der Waals surface area contributed by atoms with Gasteiger partial charge in [0.15, 0.2) is 0 Å². The van der Waals surface area contributed by atoms with E-state index in [1.54, 1.807) is 5.48 Å². The van der Waals surface area contributed by atoms with Gasteiger partial charge in [-0.3, -0.25) is 10.0 Å². The first kappa shape index (κ1) is 17.0. The second-order valence-electron chi connectivity index (χ2n) is 5.47. The van der Waals surface area contributed by atoms with E-state index in [2.05, 4.69) is 10.6 Å². The lowest BCUT2D eigenvalue weighted by atomic mass is 10.0. The molecule has 0 aliphatic rings. The second kappa shape index (κ2) is 8.26. The molecule has 1 rings (SSSR count). The van der Waals surface area contributed by atoms with Gasteiger partial charge in [-0.2, -0.15) is 0 Å². The zero-order chi connectivity index (χ0) is 15.8. The Morgan fingerprint density at radius 1 is 1.29 bits per heavy atom. The summed E-state index contributed by atoms with van der Waals surface area (Å²) in [5.74, 6) is -0.404. The molecule has 0 heterocycles. The molecule has 0 spiro atoms. The van der Waals surface area contributed by atoms with Gasteiger partial charge in [0.2, 0.25) is 0 Å². The number of amides is 3. The molecule has 1 aromatic rings. The van der Waals surface area contributed by atoms with Crippen LogP contribution in [0.2, 0.25) is 0 Å². The fourth-order valence-corrected chi connectivity index (χ4v) is 1.99. The maximum Gasteiger partial charge on any atom is 0.315 e. The zero-order valence-electron chi connectivity index (χ0n) is 12.6. The van der Waals surface area contributed by atoms with E-state index in [4.69, 9.17) is 5.21 Å². The molecule has 0 saturated carbocycles. The molecule has 3 amide bonds. The largest absolute Gasteiger partial charge is 0.334 e. The second-order valence-corrected chi connectivity index (χ2v) is 5.47. The van der Waals surface area contributed by atoms with Crippen LogP contribution in [0.5, 0.6) is 0 Å². The van der Waals surface area contributed by atoms with Gasteiger partial charge in [-0.15, -0.1) is 0 Å². The fourth-order valence-electron chi connectivity index (χ4n) is 1.99. The summed E-state index contributed by atoms with van der Waals surface area (Å²) >= 11 is 0. The number of nitrogens with one attached hydrogen (secondary N) is 3. The number of hydroxylamine groups is 1. The van der Waals surface area contributed by atoms with Crippen LogP contribution in [0.3, 0.4) is 0 Å². The highest BCUT2D eigenvalue weighted by atomic mass is 16.5. The highest BCUT2D eigenvalue weighted by molar-refractivity contribution is 5.86. The van der Waals surface area contributed by atoms with Crippen LogP contribution in [0.15, 0.2) is 24.3 Å². The van der Waals surface area contributed by atoms with Crippen LogP contribution >= 0.6 is 0 Å². The maximum atomic E-state index is 11.8. The third-order valence-electron chi connectivity index (χ3n) is 2.97. The van der Waals surface area contributed by atoms with Crippen LogP contribution in [-0.2, 0) is 11.3 Å². The van der Waals surface area contributed by atoms with E-state index in [9.17, 15) is 9.59 Å². The number of hydrogen-bond donors (Lipinski definition) is 4. The molecule has 0 unspecified atom stereocenters. The molecule has 0 aromatic heterocycles. The van der Waals surface area contributed by atoms with E-state index in [0.717, 1.165) is 11.1 Å². The Bertz CT molecular complexity index is 489. The molecule has 0 fully saturated rings. The average molecular weight is 293 g/mol. The molecule has 4 N–H and O–H groups in total. The van der Waals surface area contributed by atoms with Crippen LogP contribution in [0.25, 0.3) is 0 Å². The lowest BCUT2D eigenvalue weighted by Gasteiger charge is -2.19. The maximum absolute atomic E-state index is 11.8. The minimum atomic E-state index is -0.757. The van der Waals surface area contributed by atoms with Gasteiger partial charge in [-0.1, -0.05) is 43.7 Å². The van der Waals surface area contributed by atoms with E-state index in [0.29, 0.717) is 13.0 Å². The van der Waals surface area contributed by atoms with Gasteiger partial charge in [0.25, 0.3) is 5.91 Å². The third-order valence-corrected chi connectivity index (χ3v) is 2.97. The van der Waals surface area contributed by atoms with E-state index >= 15 is 0 Å². The Balaban J connectivity index is 2.51. The highest BCUT2D eigenvalue weighted by Gasteiger charge is 2.21.